The number of anilines is 2. The highest BCUT2D eigenvalue weighted by atomic mass is 35.5. The zero-order valence-electron chi connectivity index (χ0n) is 17.5. The van der Waals surface area contributed by atoms with E-state index in [9.17, 15) is 9.59 Å². The Balaban J connectivity index is 1.71. The average Bonchev–Trinajstić information content (AvgIpc) is 2.78. The van der Waals surface area contributed by atoms with Crippen LogP contribution < -0.4 is 20.3 Å². The number of nitrogens with one attached hydrogen (secondary N) is 2. The summed E-state index contributed by atoms with van der Waals surface area (Å²) in [6.45, 7) is 4.44. The van der Waals surface area contributed by atoms with Crippen LogP contribution in [0.3, 0.4) is 0 Å². The molecule has 1 saturated heterocycles. The second-order valence-corrected chi connectivity index (χ2v) is 7.78. The van der Waals surface area contributed by atoms with Gasteiger partial charge in [0.1, 0.15) is 5.75 Å². The topological polar surface area (TPSA) is 73.9 Å². The lowest BCUT2D eigenvalue weighted by Crippen LogP contribution is -2.49. The molecule has 2 aromatic rings. The molecule has 0 radical (unpaired) electrons. The van der Waals surface area contributed by atoms with Crippen LogP contribution in [0.15, 0.2) is 42.5 Å². The summed E-state index contributed by atoms with van der Waals surface area (Å²) in [4.78, 5) is 28.6. The minimum Gasteiger partial charge on any atom is -0.496 e. The van der Waals surface area contributed by atoms with Crippen molar-refractivity contribution in [3.8, 4) is 5.75 Å². The van der Waals surface area contributed by atoms with Crippen LogP contribution in [-0.2, 0) is 4.79 Å². The zero-order chi connectivity index (χ0) is 22.4. The molecule has 0 aliphatic carbocycles. The van der Waals surface area contributed by atoms with Gasteiger partial charge in [-0.2, -0.15) is 0 Å². The lowest BCUT2D eigenvalue weighted by atomic mass is 10.2. The molecule has 1 aliphatic heterocycles. The molecule has 9 heteroatoms. The maximum absolute atomic E-state index is 12.6. The number of ether oxygens (including phenoxy) is 1. The van der Waals surface area contributed by atoms with E-state index < -0.39 is 0 Å². The highest BCUT2D eigenvalue weighted by molar-refractivity contribution is 7.80. The van der Waals surface area contributed by atoms with Crippen LogP contribution in [0.4, 0.5) is 11.4 Å². The summed E-state index contributed by atoms with van der Waals surface area (Å²) in [5, 5.41) is 6.49. The van der Waals surface area contributed by atoms with E-state index in [2.05, 4.69) is 15.5 Å². The third-order valence-corrected chi connectivity index (χ3v) is 5.57. The Kier molecular flexibility index (Phi) is 7.70. The molecule has 2 N–H and O–H groups in total. The Bertz CT molecular complexity index is 977. The Morgan fingerprint density at radius 2 is 1.81 bits per heavy atom. The predicted octanol–water partition coefficient (Wildman–Crippen LogP) is 3.53. The van der Waals surface area contributed by atoms with Gasteiger partial charge in [0.25, 0.3) is 5.91 Å². The number of rotatable bonds is 5. The average molecular weight is 461 g/mol. The molecule has 2 amide bonds. The molecule has 1 fully saturated rings. The largest absolute Gasteiger partial charge is 0.496 e. The summed E-state index contributed by atoms with van der Waals surface area (Å²) in [5.41, 5.74) is 1.87. The Hall–Kier alpha value is -2.84. The number of nitrogens with zero attached hydrogens (tertiary/aromatic N) is 2. The van der Waals surface area contributed by atoms with Crippen molar-refractivity contribution in [3.63, 3.8) is 0 Å². The molecule has 3 rings (SSSR count). The second-order valence-electron chi connectivity index (χ2n) is 6.97. The van der Waals surface area contributed by atoms with Gasteiger partial charge in [-0.3, -0.25) is 14.9 Å². The van der Waals surface area contributed by atoms with E-state index in [4.69, 9.17) is 28.6 Å². The molecular formula is C22H25ClN4O3S. The molecule has 0 saturated carbocycles. The normalized spacial score (nSPS) is 13.5. The van der Waals surface area contributed by atoms with Crippen LogP contribution in [0.5, 0.6) is 5.75 Å². The van der Waals surface area contributed by atoms with Crippen molar-refractivity contribution in [1.29, 1.82) is 0 Å². The predicted molar refractivity (Wildman–Crippen MR) is 127 cm³/mol. The molecule has 1 aliphatic rings. The summed E-state index contributed by atoms with van der Waals surface area (Å²) in [7, 11) is 1.51. The smallest absolute Gasteiger partial charge is 0.261 e. The van der Waals surface area contributed by atoms with Gasteiger partial charge >= 0.3 is 0 Å². The first kappa shape index (κ1) is 22.8. The quantitative estimate of drug-likeness (QED) is 0.665. The molecule has 2 aromatic carbocycles. The van der Waals surface area contributed by atoms with Gasteiger partial charge in [0, 0.05) is 32.6 Å². The number of thiocarbonyl (C=S) groups is 1. The van der Waals surface area contributed by atoms with E-state index in [1.54, 1.807) is 24.3 Å². The number of piperazine rings is 1. The fraction of sp³-hybridized carbons (Fsp3) is 0.318. The number of halogens is 1. The SMILES string of the molecule is CCC(=O)N1CCN(c2c(Cl)cccc2NC(=S)NC(=O)c2ccccc2OC)CC1. The van der Waals surface area contributed by atoms with Gasteiger partial charge in [0.15, 0.2) is 5.11 Å². The van der Waals surface area contributed by atoms with Crippen LogP contribution >= 0.6 is 23.8 Å². The lowest BCUT2D eigenvalue weighted by Gasteiger charge is -2.37. The minimum atomic E-state index is -0.370. The van der Waals surface area contributed by atoms with Gasteiger partial charge in [-0.1, -0.05) is 36.7 Å². The number of amides is 2. The third-order valence-electron chi connectivity index (χ3n) is 5.06. The van der Waals surface area contributed by atoms with Crippen molar-refractivity contribution in [2.75, 3.05) is 43.5 Å². The number of para-hydroxylation sites is 2. The van der Waals surface area contributed by atoms with E-state index in [1.165, 1.54) is 7.11 Å². The van der Waals surface area contributed by atoms with Gasteiger partial charge in [-0.05, 0) is 36.5 Å². The molecule has 1 heterocycles. The molecule has 164 valence electrons. The van der Waals surface area contributed by atoms with Gasteiger partial charge in [0.2, 0.25) is 5.91 Å². The molecule has 0 atom stereocenters. The first-order chi connectivity index (χ1) is 14.9. The highest BCUT2D eigenvalue weighted by Crippen LogP contribution is 2.34. The Morgan fingerprint density at radius 3 is 2.48 bits per heavy atom. The van der Waals surface area contributed by atoms with E-state index >= 15 is 0 Å². The monoisotopic (exact) mass is 460 g/mol. The zero-order valence-corrected chi connectivity index (χ0v) is 19.1. The number of hydrogen-bond donors (Lipinski definition) is 2. The van der Waals surface area contributed by atoms with Gasteiger partial charge in [0.05, 0.1) is 29.1 Å². The fourth-order valence-corrected chi connectivity index (χ4v) is 3.99. The van der Waals surface area contributed by atoms with Gasteiger partial charge in [-0.15, -0.1) is 0 Å². The van der Waals surface area contributed by atoms with Crippen molar-refractivity contribution >= 4 is 52.1 Å². The summed E-state index contributed by atoms with van der Waals surface area (Å²) in [6.07, 6.45) is 0.499. The van der Waals surface area contributed by atoms with Crippen LogP contribution in [0.25, 0.3) is 0 Å². The summed E-state index contributed by atoms with van der Waals surface area (Å²) in [5.74, 6) is 0.244. The third kappa shape index (κ3) is 5.45. The summed E-state index contributed by atoms with van der Waals surface area (Å²) >= 11 is 11.9. The molecule has 0 aromatic heterocycles. The Morgan fingerprint density at radius 1 is 1.10 bits per heavy atom. The van der Waals surface area contributed by atoms with E-state index in [-0.39, 0.29) is 16.9 Å². The molecule has 0 bridgehead atoms. The summed E-state index contributed by atoms with van der Waals surface area (Å²) < 4.78 is 5.24. The number of carbonyl (C=O) groups is 2. The first-order valence-electron chi connectivity index (χ1n) is 10.0. The molecule has 0 unspecified atom stereocenters. The van der Waals surface area contributed by atoms with Crippen molar-refractivity contribution in [3.05, 3.63) is 53.1 Å². The maximum Gasteiger partial charge on any atom is 0.261 e. The maximum atomic E-state index is 12.6. The second kappa shape index (κ2) is 10.5. The number of carbonyl (C=O) groups excluding carboxylic acids is 2. The van der Waals surface area contributed by atoms with Crippen LogP contribution in [0.1, 0.15) is 23.7 Å². The van der Waals surface area contributed by atoms with E-state index in [0.29, 0.717) is 54.6 Å². The summed E-state index contributed by atoms with van der Waals surface area (Å²) in [6, 6.07) is 12.4. The molecular weight excluding hydrogens is 436 g/mol. The standard InChI is InChI=1S/C22H25ClN4O3S/c1-3-19(28)26-11-13-27(14-12-26)20-16(23)8-6-9-17(20)24-22(31)25-21(29)15-7-4-5-10-18(15)30-2/h4-10H,3,11-14H2,1-2H3,(H2,24,25,29,31). The van der Waals surface area contributed by atoms with Crippen molar-refractivity contribution in [1.82, 2.24) is 10.2 Å². The first-order valence-corrected chi connectivity index (χ1v) is 10.8. The molecule has 7 nitrogen and oxygen atoms in total. The van der Waals surface area contributed by atoms with Crippen LogP contribution in [0.2, 0.25) is 5.02 Å². The number of methoxy groups -OCH3 is 1. The van der Waals surface area contributed by atoms with Crippen molar-refractivity contribution < 1.29 is 14.3 Å². The molecule has 31 heavy (non-hydrogen) atoms. The van der Waals surface area contributed by atoms with Crippen LogP contribution in [0, 0.1) is 0 Å². The lowest BCUT2D eigenvalue weighted by molar-refractivity contribution is -0.131. The number of hydrogen-bond acceptors (Lipinski definition) is 5. The van der Waals surface area contributed by atoms with E-state index in [0.717, 1.165) is 5.69 Å². The fourth-order valence-electron chi connectivity index (χ4n) is 3.50. The van der Waals surface area contributed by atoms with Crippen molar-refractivity contribution in [2.45, 2.75) is 13.3 Å². The van der Waals surface area contributed by atoms with Gasteiger partial charge < -0.3 is 19.9 Å². The number of benzene rings is 2. The minimum absolute atomic E-state index is 0.150. The molecule has 0 spiro atoms. The van der Waals surface area contributed by atoms with Crippen molar-refractivity contribution in [2.24, 2.45) is 0 Å². The highest BCUT2D eigenvalue weighted by Gasteiger charge is 2.24. The van der Waals surface area contributed by atoms with Gasteiger partial charge in [-0.25, -0.2) is 0 Å². The van der Waals surface area contributed by atoms with E-state index in [1.807, 2.05) is 30.0 Å². The van der Waals surface area contributed by atoms with Crippen LogP contribution in [-0.4, -0.2) is 55.1 Å². The Labute approximate surface area is 192 Å².